The Balaban J connectivity index is 3.23. The molecule has 0 aliphatic heterocycles. The smallest absolute Gasteiger partial charge is 0.242 e. The fraction of sp³-hybridized carbons (Fsp3) is 0.222. The van der Waals surface area contributed by atoms with Crippen LogP contribution >= 0.6 is 31.9 Å². The molecule has 0 radical (unpaired) electrons. The quantitative estimate of drug-likeness (QED) is 0.501. The number of rotatable bonds is 3. The summed E-state index contributed by atoms with van der Waals surface area (Å²) < 4.78 is 21.0. The van der Waals surface area contributed by atoms with Gasteiger partial charge < -0.3 is 5.73 Å². The van der Waals surface area contributed by atoms with Crippen molar-refractivity contribution in [2.45, 2.75) is 2.57 Å². The Morgan fingerprint density at radius 1 is 1.38 bits per heavy atom. The number of alkyl halides is 2. The van der Waals surface area contributed by atoms with Gasteiger partial charge in [0.25, 0.3) is 0 Å². The zero-order valence-corrected chi connectivity index (χ0v) is 12.3. The first-order valence-corrected chi connectivity index (χ1v) is 7.62. The van der Waals surface area contributed by atoms with Gasteiger partial charge in [0.1, 0.15) is 0 Å². The topological polar surface area (TPSA) is 77.2 Å². The summed E-state index contributed by atoms with van der Waals surface area (Å²) in [6.07, 6.45) is 0.959. The van der Waals surface area contributed by atoms with E-state index in [9.17, 15) is 13.2 Å². The number of ketones is 1. The normalized spacial score (nSPS) is 12.4. The van der Waals surface area contributed by atoms with Gasteiger partial charge in [0.05, 0.1) is 0 Å². The number of hydrogen-bond donors (Lipinski definition) is 1. The van der Waals surface area contributed by atoms with E-state index in [0.717, 1.165) is 6.26 Å². The van der Waals surface area contributed by atoms with Crippen LogP contribution < -0.4 is 5.73 Å². The highest BCUT2D eigenvalue weighted by Crippen LogP contribution is 2.36. The maximum Gasteiger partial charge on any atom is 0.242 e. The maximum absolute atomic E-state index is 11.9. The molecule has 0 heterocycles. The standard InChI is InChI=1S/C9H9Br2NO3S/c1-16(14,15)9(10,11)8(13)6-3-2-4-7(12)5-6/h2-5H,12H2,1H3. The summed E-state index contributed by atoms with van der Waals surface area (Å²) in [6.45, 7) is 0. The largest absolute Gasteiger partial charge is 0.399 e. The van der Waals surface area contributed by atoms with E-state index >= 15 is 0 Å². The molecule has 1 aromatic rings. The van der Waals surface area contributed by atoms with Crippen LogP contribution in [0.4, 0.5) is 5.69 Å². The Morgan fingerprint density at radius 3 is 2.38 bits per heavy atom. The van der Waals surface area contributed by atoms with Crippen molar-refractivity contribution in [3.05, 3.63) is 29.8 Å². The van der Waals surface area contributed by atoms with E-state index in [4.69, 9.17) is 5.73 Å². The van der Waals surface area contributed by atoms with Gasteiger partial charge in [-0.1, -0.05) is 12.1 Å². The van der Waals surface area contributed by atoms with Crippen molar-refractivity contribution in [2.24, 2.45) is 0 Å². The molecule has 1 aromatic carbocycles. The van der Waals surface area contributed by atoms with Gasteiger partial charge >= 0.3 is 0 Å². The van der Waals surface area contributed by atoms with Crippen molar-refractivity contribution in [1.82, 2.24) is 0 Å². The summed E-state index contributed by atoms with van der Waals surface area (Å²) in [5.74, 6) is -0.609. The predicted molar refractivity (Wildman–Crippen MR) is 70.6 cm³/mol. The molecule has 16 heavy (non-hydrogen) atoms. The number of carbonyl (C=O) groups is 1. The summed E-state index contributed by atoms with van der Waals surface area (Å²) in [5.41, 5.74) is 6.14. The second kappa shape index (κ2) is 4.46. The van der Waals surface area contributed by atoms with Gasteiger partial charge in [-0.05, 0) is 44.0 Å². The predicted octanol–water partition coefficient (Wildman–Crippen LogP) is 1.94. The number of anilines is 1. The highest BCUT2D eigenvalue weighted by molar-refractivity contribution is 9.28. The lowest BCUT2D eigenvalue weighted by atomic mass is 10.1. The molecule has 0 saturated heterocycles. The molecule has 0 saturated carbocycles. The molecule has 0 atom stereocenters. The van der Waals surface area contributed by atoms with Crippen molar-refractivity contribution in [2.75, 3.05) is 12.0 Å². The Hall–Kier alpha value is -0.400. The van der Waals surface area contributed by atoms with Crippen molar-refractivity contribution < 1.29 is 13.2 Å². The van der Waals surface area contributed by atoms with E-state index in [2.05, 4.69) is 31.9 Å². The van der Waals surface area contributed by atoms with E-state index < -0.39 is 18.2 Å². The average molecular weight is 371 g/mol. The van der Waals surface area contributed by atoms with Gasteiger partial charge in [0.15, 0.2) is 9.84 Å². The Kier molecular flexibility index (Phi) is 3.81. The fourth-order valence-corrected chi connectivity index (χ4v) is 1.93. The van der Waals surface area contributed by atoms with Crippen LogP contribution in [-0.4, -0.2) is 23.0 Å². The van der Waals surface area contributed by atoms with Crippen LogP contribution in [0.3, 0.4) is 0 Å². The first kappa shape index (κ1) is 13.7. The highest BCUT2D eigenvalue weighted by atomic mass is 79.9. The molecule has 0 bridgehead atoms. The van der Waals surface area contributed by atoms with E-state index in [1.54, 1.807) is 12.1 Å². The highest BCUT2D eigenvalue weighted by Gasteiger charge is 2.43. The molecule has 4 nitrogen and oxygen atoms in total. The second-order valence-corrected chi connectivity index (χ2v) is 9.89. The Labute approximate surface area is 110 Å². The monoisotopic (exact) mass is 369 g/mol. The minimum atomic E-state index is -3.62. The molecule has 0 fully saturated rings. The minimum Gasteiger partial charge on any atom is -0.399 e. The van der Waals surface area contributed by atoms with Crippen LogP contribution in [0.25, 0.3) is 0 Å². The van der Waals surface area contributed by atoms with Crippen LogP contribution in [0.15, 0.2) is 24.3 Å². The van der Waals surface area contributed by atoms with Gasteiger partial charge in [-0.15, -0.1) is 0 Å². The summed E-state index contributed by atoms with van der Waals surface area (Å²) in [4.78, 5) is 11.9. The zero-order valence-electron chi connectivity index (χ0n) is 8.28. The number of sulfone groups is 1. The number of nitrogens with two attached hydrogens (primary N) is 1. The molecule has 88 valence electrons. The fourth-order valence-electron chi connectivity index (χ4n) is 1.02. The van der Waals surface area contributed by atoms with Gasteiger partial charge in [-0.2, -0.15) is 0 Å². The Morgan fingerprint density at radius 2 is 1.94 bits per heavy atom. The van der Waals surface area contributed by atoms with Crippen molar-refractivity contribution in [3.8, 4) is 0 Å². The minimum absolute atomic E-state index is 0.221. The third-order valence-corrected chi connectivity index (χ3v) is 7.24. The van der Waals surface area contributed by atoms with Crippen LogP contribution in [0, 0.1) is 0 Å². The van der Waals surface area contributed by atoms with E-state index in [1.807, 2.05) is 0 Å². The van der Waals surface area contributed by atoms with Gasteiger partial charge in [-0.25, -0.2) is 8.42 Å². The van der Waals surface area contributed by atoms with E-state index in [-0.39, 0.29) is 5.56 Å². The molecule has 1 rings (SSSR count). The molecule has 7 heteroatoms. The molecule has 0 aromatic heterocycles. The Bertz CT molecular complexity index is 525. The third kappa shape index (κ3) is 2.64. The lowest BCUT2D eigenvalue weighted by Crippen LogP contribution is -2.33. The van der Waals surface area contributed by atoms with E-state index in [0.29, 0.717) is 5.69 Å². The SMILES string of the molecule is CS(=O)(=O)C(Br)(Br)C(=O)c1cccc(N)c1. The average Bonchev–Trinajstić information content (AvgIpc) is 2.14. The number of halogens is 2. The maximum atomic E-state index is 11.9. The number of Topliss-reactive ketones (excluding diaryl/α,β-unsaturated/α-hetero) is 1. The van der Waals surface area contributed by atoms with Crippen molar-refractivity contribution >= 4 is 53.2 Å². The molecular weight excluding hydrogens is 362 g/mol. The summed E-state index contributed by atoms with van der Waals surface area (Å²) in [6, 6.07) is 6.12. The molecule has 0 amide bonds. The van der Waals surface area contributed by atoms with Crippen molar-refractivity contribution in [3.63, 3.8) is 0 Å². The lowest BCUT2D eigenvalue weighted by Gasteiger charge is -2.16. The molecule has 0 unspecified atom stereocenters. The molecular formula is C9H9Br2NO3S. The summed E-state index contributed by atoms with van der Waals surface area (Å²) in [5, 5.41) is 0. The number of nitrogen functional groups attached to an aromatic ring is 1. The third-order valence-electron chi connectivity index (χ3n) is 1.88. The van der Waals surface area contributed by atoms with Crippen molar-refractivity contribution in [1.29, 1.82) is 0 Å². The molecule has 2 N–H and O–H groups in total. The van der Waals surface area contributed by atoms with Gasteiger partial charge in [0, 0.05) is 17.5 Å². The van der Waals surface area contributed by atoms with Crippen LogP contribution in [0.5, 0.6) is 0 Å². The first-order valence-electron chi connectivity index (χ1n) is 4.14. The molecule has 0 aliphatic rings. The number of carbonyl (C=O) groups excluding carboxylic acids is 1. The van der Waals surface area contributed by atoms with E-state index in [1.165, 1.54) is 12.1 Å². The van der Waals surface area contributed by atoms with Gasteiger partial charge in [0.2, 0.25) is 8.35 Å². The summed E-state index contributed by atoms with van der Waals surface area (Å²) in [7, 11) is -3.62. The van der Waals surface area contributed by atoms with Crippen LogP contribution in [-0.2, 0) is 9.84 Å². The summed E-state index contributed by atoms with van der Waals surface area (Å²) >= 11 is 5.74. The van der Waals surface area contributed by atoms with Gasteiger partial charge in [-0.3, -0.25) is 4.79 Å². The first-order chi connectivity index (χ1) is 7.16. The lowest BCUT2D eigenvalue weighted by molar-refractivity contribution is 0.100. The second-order valence-electron chi connectivity index (χ2n) is 3.24. The molecule has 0 aliphatic carbocycles. The zero-order chi connectivity index (χ0) is 12.6. The number of benzene rings is 1. The van der Waals surface area contributed by atoms with Crippen LogP contribution in [0.2, 0.25) is 0 Å². The van der Waals surface area contributed by atoms with Crippen LogP contribution in [0.1, 0.15) is 10.4 Å². The number of hydrogen-bond acceptors (Lipinski definition) is 4. The molecule has 0 spiro atoms.